The second-order valence-electron chi connectivity index (χ2n) is 6.84. The molecule has 7 nitrogen and oxygen atoms in total. The molecule has 29 heavy (non-hydrogen) atoms. The third kappa shape index (κ3) is 3.92. The van der Waals surface area contributed by atoms with Crippen molar-refractivity contribution in [2.45, 2.75) is 26.7 Å². The molecule has 0 saturated heterocycles. The van der Waals surface area contributed by atoms with Gasteiger partial charge in [-0.25, -0.2) is 14.5 Å². The van der Waals surface area contributed by atoms with Crippen molar-refractivity contribution in [2.24, 2.45) is 0 Å². The highest BCUT2D eigenvalue weighted by molar-refractivity contribution is 5.73. The van der Waals surface area contributed by atoms with E-state index in [0.717, 1.165) is 53.5 Å². The quantitative estimate of drug-likeness (QED) is 0.510. The fraction of sp³-hybridized carbons (Fsp3) is 0.227. The van der Waals surface area contributed by atoms with E-state index in [-0.39, 0.29) is 0 Å². The van der Waals surface area contributed by atoms with Crippen LogP contribution in [0, 0.1) is 25.2 Å². The van der Waals surface area contributed by atoms with Crippen LogP contribution < -0.4 is 5.32 Å². The first kappa shape index (κ1) is 18.6. The van der Waals surface area contributed by atoms with E-state index in [2.05, 4.69) is 26.5 Å². The molecular weight excluding hydrogens is 362 g/mol. The molecule has 3 aromatic heterocycles. The van der Waals surface area contributed by atoms with Crippen molar-refractivity contribution < 1.29 is 0 Å². The Morgan fingerprint density at radius 3 is 2.62 bits per heavy atom. The number of aryl methyl sites for hydroxylation is 3. The van der Waals surface area contributed by atoms with Gasteiger partial charge < -0.3 is 5.32 Å². The number of fused-ring (bicyclic) bond motifs is 1. The van der Waals surface area contributed by atoms with Gasteiger partial charge in [0.15, 0.2) is 11.6 Å². The van der Waals surface area contributed by atoms with Crippen molar-refractivity contribution in [3.63, 3.8) is 0 Å². The molecule has 0 radical (unpaired) electrons. The van der Waals surface area contributed by atoms with E-state index in [1.165, 1.54) is 0 Å². The topological polar surface area (TPSA) is 91.8 Å². The minimum atomic E-state index is 0.579. The zero-order valence-electron chi connectivity index (χ0n) is 16.4. The first-order valence-corrected chi connectivity index (χ1v) is 9.54. The van der Waals surface area contributed by atoms with Gasteiger partial charge in [-0.05, 0) is 38.8 Å². The third-order valence-corrected chi connectivity index (χ3v) is 4.72. The van der Waals surface area contributed by atoms with Crippen LogP contribution in [-0.4, -0.2) is 31.1 Å². The highest BCUT2D eigenvalue weighted by Gasteiger charge is 2.15. The summed E-state index contributed by atoms with van der Waals surface area (Å²) in [5.41, 5.74) is 4.32. The Kier molecular flexibility index (Phi) is 5.16. The predicted molar refractivity (Wildman–Crippen MR) is 111 cm³/mol. The summed E-state index contributed by atoms with van der Waals surface area (Å²) < 4.78 is 1.86. The molecule has 0 aliphatic carbocycles. The van der Waals surface area contributed by atoms with Gasteiger partial charge >= 0.3 is 0 Å². The number of anilines is 1. The minimum absolute atomic E-state index is 0.579. The summed E-state index contributed by atoms with van der Waals surface area (Å²) in [6.07, 6.45) is 3.33. The van der Waals surface area contributed by atoms with Crippen LogP contribution in [0.25, 0.3) is 16.9 Å². The first-order chi connectivity index (χ1) is 14.2. The van der Waals surface area contributed by atoms with E-state index in [0.29, 0.717) is 11.4 Å². The molecule has 144 valence electrons. The maximum absolute atomic E-state index is 8.86. The van der Waals surface area contributed by atoms with E-state index < -0.39 is 0 Å². The summed E-state index contributed by atoms with van der Waals surface area (Å²) >= 11 is 0. The number of nitrogens with zero attached hydrogens (tertiary/aromatic N) is 6. The van der Waals surface area contributed by atoms with E-state index in [9.17, 15) is 0 Å². The van der Waals surface area contributed by atoms with Gasteiger partial charge in [0.25, 0.3) is 0 Å². The third-order valence-electron chi connectivity index (χ3n) is 4.72. The molecule has 4 aromatic rings. The van der Waals surface area contributed by atoms with E-state index in [1.54, 1.807) is 12.3 Å². The van der Waals surface area contributed by atoms with Gasteiger partial charge in [-0.3, -0.25) is 4.98 Å². The van der Waals surface area contributed by atoms with Crippen LogP contribution in [0.3, 0.4) is 0 Å². The number of imidazole rings is 1. The fourth-order valence-corrected chi connectivity index (χ4v) is 3.28. The van der Waals surface area contributed by atoms with E-state index >= 15 is 0 Å². The highest BCUT2D eigenvalue weighted by Crippen LogP contribution is 2.23. The number of nitrogens with one attached hydrogen (secondary N) is 1. The maximum Gasteiger partial charge on any atom is 0.182 e. The normalized spacial score (nSPS) is 10.8. The van der Waals surface area contributed by atoms with Gasteiger partial charge in [-0.15, -0.1) is 5.10 Å². The molecule has 0 spiro atoms. The van der Waals surface area contributed by atoms with Crippen LogP contribution in [0.4, 0.5) is 5.82 Å². The molecule has 4 rings (SSSR count). The first-order valence-electron chi connectivity index (χ1n) is 9.54. The number of pyridine rings is 1. The van der Waals surface area contributed by atoms with Gasteiger partial charge in [-0.1, -0.05) is 30.3 Å². The van der Waals surface area contributed by atoms with Crippen LogP contribution in [-0.2, 0) is 6.42 Å². The Hall–Kier alpha value is -3.79. The largest absolute Gasteiger partial charge is 0.368 e. The summed E-state index contributed by atoms with van der Waals surface area (Å²) in [5.74, 6) is 2.28. The molecule has 0 aliphatic rings. The summed E-state index contributed by atoms with van der Waals surface area (Å²) in [4.78, 5) is 13.7. The van der Waals surface area contributed by atoms with E-state index in [4.69, 9.17) is 10.2 Å². The second kappa shape index (κ2) is 8.07. The van der Waals surface area contributed by atoms with Crippen LogP contribution in [0.1, 0.15) is 29.2 Å². The molecule has 0 aliphatic heterocycles. The molecule has 7 heteroatoms. The standard InChI is InChI=1S/C22H21N7/c1-15-20-22(24-12-6-9-19-11-10-17(13-23)14-25-19)27-21(18-7-4-3-5-8-18)28-29(20)16(2)26-15/h3-5,7-8,10-11,14H,6,9,12H2,1-2H3,(H,24,27,28). The molecule has 0 unspecified atom stereocenters. The molecule has 0 saturated carbocycles. The highest BCUT2D eigenvalue weighted by atomic mass is 15.3. The average molecular weight is 383 g/mol. The lowest BCUT2D eigenvalue weighted by Gasteiger charge is -2.10. The molecular formula is C22H21N7. The fourth-order valence-electron chi connectivity index (χ4n) is 3.28. The number of hydrogen-bond donors (Lipinski definition) is 1. The number of hydrogen-bond acceptors (Lipinski definition) is 6. The van der Waals surface area contributed by atoms with Gasteiger partial charge in [0, 0.05) is 24.0 Å². The molecule has 1 N–H and O–H groups in total. The minimum Gasteiger partial charge on any atom is -0.368 e. The number of aromatic nitrogens is 5. The lowest BCUT2D eigenvalue weighted by atomic mass is 10.2. The van der Waals surface area contributed by atoms with Crippen molar-refractivity contribution >= 4 is 11.3 Å². The molecule has 1 aromatic carbocycles. The lowest BCUT2D eigenvalue weighted by Crippen LogP contribution is -2.10. The van der Waals surface area contributed by atoms with Crippen LogP contribution >= 0.6 is 0 Å². The molecule has 0 atom stereocenters. The molecule has 0 fully saturated rings. The van der Waals surface area contributed by atoms with Gasteiger partial charge in [0.2, 0.25) is 0 Å². The van der Waals surface area contributed by atoms with Crippen LogP contribution in [0.2, 0.25) is 0 Å². The lowest BCUT2D eigenvalue weighted by molar-refractivity contribution is 0.823. The van der Waals surface area contributed by atoms with Crippen molar-refractivity contribution in [3.8, 4) is 17.5 Å². The summed E-state index contributed by atoms with van der Waals surface area (Å²) in [6.45, 7) is 4.66. The molecule has 3 heterocycles. The average Bonchev–Trinajstić information content (AvgIpc) is 3.05. The number of rotatable bonds is 6. The second-order valence-corrected chi connectivity index (χ2v) is 6.84. The Bertz CT molecular complexity index is 1170. The SMILES string of the molecule is Cc1nc(C)n2nc(-c3ccccc3)nc(NCCCc3ccc(C#N)cn3)c12. The van der Waals surface area contributed by atoms with Crippen molar-refractivity contribution in [1.29, 1.82) is 5.26 Å². The van der Waals surface area contributed by atoms with Crippen molar-refractivity contribution in [3.05, 3.63) is 71.4 Å². The van der Waals surface area contributed by atoms with Gasteiger partial charge in [0.05, 0.1) is 11.3 Å². The van der Waals surface area contributed by atoms with Crippen molar-refractivity contribution in [1.82, 2.24) is 24.6 Å². The summed E-state index contributed by atoms with van der Waals surface area (Å²) in [5, 5.41) is 17.0. The van der Waals surface area contributed by atoms with E-state index in [1.807, 2.05) is 54.8 Å². The smallest absolute Gasteiger partial charge is 0.182 e. The van der Waals surface area contributed by atoms with Crippen LogP contribution in [0.15, 0.2) is 48.7 Å². The Labute approximate surface area is 169 Å². The molecule has 0 amide bonds. The number of benzene rings is 1. The number of nitriles is 1. The Balaban J connectivity index is 1.54. The predicted octanol–water partition coefficient (Wildman–Crippen LogP) is 3.72. The Morgan fingerprint density at radius 2 is 1.90 bits per heavy atom. The monoisotopic (exact) mass is 383 g/mol. The Morgan fingerprint density at radius 1 is 1.07 bits per heavy atom. The van der Waals surface area contributed by atoms with Crippen LogP contribution in [0.5, 0.6) is 0 Å². The molecule has 0 bridgehead atoms. The zero-order chi connectivity index (χ0) is 20.2. The van der Waals surface area contributed by atoms with Gasteiger partial charge in [-0.2, -0.15) is 5.26 Å². The van der Waals surface area contributed by atoms with Crippen molar-refractivity contribution in [2.75, 3.05) is 11.9 Å². The summed E-state index contributed by atoms with van der Waals surface area (Å²) in [6, 6.07) is 15.7. The zero-order valence-corrected chi connectivity index (χ0v) is 16.4. The van der Waals surface area contributed by atoms with Gasteiger partial charge in [0.1, 0.15) is 17.4 Å². The summed E-state index contributed by atoms with van der Waals surface area (Å²) in [7, 11) is 0. The maximum atomic E-state index is 8.86.